The van der Waals surface area contributed by atoms with Crippen molar-refractivity contribution >= 4 is 10.2 Å². The minimum Gasteiger partial charge on any atom is -0.383 e. The lowest BCUT2D eigenvalue weighted by atomic mass is 10.3. The number of ether oxygens (including phenoxy) is 2. The van der Waals surface area contributed by atoms with Crippen molar-refractivity contribution in [2.45, 2.75) is 6.10 Å². The zero-order valence-electron chi connectivity index (χ0n) is 10.3. The number of hydrogen-bond acceptors (Lipinski definition) is 5. The second-order valence-corrected chi connectivity index (χ2v) is 5.56. The quantitative estimate of drug-likeness (QED) is 0.542. The summed E-state index contributed by atoms with van der Waals surface area (Å²) in [5, 5.41) is 2.97. The Morgan fingerprint density at radius 1 is 1.53 bits per heavy atom. The molecule has 0 bridgehead atoms. The first-order valence-corrected chi connectivity index (χ1v) is 7.04. The lowest BCUT2D eigenvalue weighted by molar-refractivity contribution is 0.000417. The van der Waals surface area contributed by atoms with Gasteiger partial charge in [-0.1, -0.05) is 0 Å². The van der Waals surface area contributed by atoms with Crippen LogP contribution in [0.2, 0.25) is 0 Å². The maximum Gasteiger partial charge on any atom is 0.279 e. The van der Waals surface area contributed by atoms with E-state index in [1.165, 1.54) is 11.4 Å². The molecule has 0 spiro atoms. The number of likely N-dealkylation sites (N-methyl/N-ethyl adjacent to an activating group) is 1. The SMILES string of the molecule is CNCC1CN(S(=O)(=O)NCCOC)CCO1. The van der Waals surface area contributed by atoms with E-state index in [4.69, 9.17) is 9.47 Å². The molecule has 1 saturated heterocycles. The standard InChI is InChI=1S/C9H21N3O4S/c1-10-7-9-8-12(4-6-16-9)17(13,14)11-3-5-15-2/h9-11H,3-8H2,1-2H3. The van der Waals surface area contributed by atoms with Crippen LogP contribution in [0.15, 0.2) is 0 Å². The Morgan fingerprint density at radius 2 is 2.29 bits per heavy atom. The summed E-state index contributed by atoms with van der Waals surface area (Å²) in [7, 11) is -0.0644. The van der Waals surface area contributed by atoms with Crippen LogP contribution in [0.5, 0.6) is 0 Å². The molecule has 8 heteroatoms. The highest BCUT2D eigenvalue weighted by molar-refractivity contribution is 7.87. The van der Waals surface area contributed by atoms with Crippen LogP contribution < -0.4 is 10.0 Å². The van der Waals surface area contributed by atoms with Gasteiger partial charge in [-0.15, -0.1) is 0 Å². The maximum atomic E-state index is 11.9. The van der Waals surface area contributed by atoms with Crippen LogP contribution in [0, 0.1) is 0 Å². The van der Waals surface area contributed by atoms with Crippen molar-refractivity contribution in [2.24, 2.45) is 0 Å². The molecule has 102 valence electrons. The number of hydrogen-bond donors (Lipinski definition) is 2. The molecule has 2 N–H and O–H groups in total. The van der Waals surface area contributed by atoms with Gasteiger partial charge in [0.1, 0.15) is 0 Å². The van der Waals surface area contributed by atoms with Gasteiger partial charge in [-0.25, -0.2) is 0 Å². The number of morpholine rings is 1. The predicted octanol–water partition coefficient (Wildman–Crippen LogP) is -1.61. The molecule has 0 aromatic heterocycles. The van der Waals surface area contributed by atoms with Gasteiger partial charge in [-0.2, -0.15) is 17.4 Å². The van der Waals surface area contributed by atoms with Gasteiger partial charge in [-0.05, 0) is 7.05 Å². The summed E-state index contributed by atoms with van der Waals surface area (Å²) in [5.74, 6) is 0. The molecule has 1 rings (SSSR count). The lowest BCUT2D eigenvalue weighted by Gasteiger charge is -2.31. The minimum atomic E-state index is -3.41. The number of nitrogens with zero attached hydrogens (tertiary/aromatic N) is 1. The first kappa shape index (κ1) is 14.8. The van der Waals surface area contributed by atoms with Crippen LogP contribution in [0.4, 0.5) is 0 Å². The summed E-state index contributed by atoms with van der Waals surface area (Å²) in [4.78, 5) is 0. The molecule has 0 amide bonds. The fourth-order valence-electron chi connectivity index (χ4n) is 1.63. The Labute approximate surface area is 103 Å². The van der Waals surface area contributed by atoms with Gasteiger partial charge >= 0.3 is 0 Å². The van der Waals surface area contributed by atoms with E-state index in [1.54, 1.807) is 0 Å². The van der Waals surface area contributed by atoms with E-state index in [-0.39, 0.29) is 12.6 Å². The molecule has 0 aliphatic carbocycles. The van der Waals surface area contributed by atoms with E-state index < -0.39 is 10.2 Å². The summed E-state index contributed by atoms with van der Waals surface area (Å²) < 4.78 is 37.9. The highest BCUT2D eigenvalue weighted by Crippen LogP contribution is 2.08. The van der Waals surface area contributed by atoms with Crippen molar-refractivity contribution in [3.63, 3.8) is 0 Å². The number of methoxy groups -OCH3 is 1. The summed E-state index contributed by atoms with van der Waals surface area (Å²) in [5.41, 5.74) is 0. The molecule has 17 heavy (non-hydrogen) atoms. The van der Waals surface area contributed by atoms with Crippen LogP contribution in [-0.4, -0.2) is 72.4 Å². The van der Waals surface area contributed by atoms with Gasteiger partial charge in [0, 0.05) is 33.3 Å². The molecule has 1 heterocycles. The highest BCUT2D eigenvalue weighted by atomic mass is 32.2. The summed E-state index contributed by atoms with van der Waals surface area (Å²) in [6.45, 7) is 2.49. The third kappa shape index (κ3) is 4.86. The fraction of sp³-hybridized carbons (Fsp3) is 1.00. The van der Waals surface area contributed by atoms with Gasteiger partial charge in [0.05, 0.1) is 19.3 Å². The molecule has 0 radical (unpaired) electrons. The molecule has 7 nitrogen and oxygen atoms in total. The van der Waals surface area contributed by atoms with E-state index in [9.17, 15) is 8.42 Å². The molecular formula is C9H21N3O4S. The molecule has 1 atom stereocenters. The Hall–Kier alpha value is -0.250. The molecule has 1 aliphatic rings. The van der Waals surface area contributed by atoms with Crippen LogP contribution in [0.25, 0.3) is 0 Å². The number of rotatable bonds is 7. The number of nitrogens with one attached hydrogen (secondary N) is 2. The van der Waals surface area contributed by atoms with Gasteiger partial charge in [0.15, 0.2) is 0 Å². The van der Waals surface area contributed by atoms with Gasteiger partial charge < -0.3 is 14.8 Å². The third-order valence-corrected chi connectivity index (χ3v) is 4.04. The Balaban J connectivity index is 2.46. The zero-order valence-corrected chi connectivity index (χ0v) is 11.1. The monoisotopic (exact) mass is 267 g/mol. The van der Waals surface area contributed by atoms with Gasteiger partial charge in [0.2, 0.25) is 0 Å². The molecule has 0 aromatic carbocycles. The molecule has 1 fully saturated rings. The van der Waals surface area contributed by atoms with Crippen molar-refractivity contribution in [3.8, 4) is 0 Å². The lowest BCUT2D eigenvalue weighted by Crippen LogP contribution is -2.52. The topological polar surface area (TPSA) is 79.9 Å². The predicted molar refractivity (Wildman–Crippen MR) is 64.0 cm³/mol. The average Bonchev–Trinajstić information content (AvgIpc) is 2.30. The van der Waals surface area contributed by atoms with Crippen molar-refractivity contribution < 1.29 is 17.9 Å². The Kier molecular flexibility index (Phi) is 6.31. The van der Waals surface area contributed by atoms with Crippen molar-refractivity contribution in [1.29, 1.82) is 0 Å². The van der Waals surface area contributed by atoms with Crippen LogP contribution in [0.3, 0.4) is 0 Å². The molecule has 1 aliphatic heterocycles. The third-order valence-electron chi connectivity index (χ3n) is 2.46. The first-order valence-electron chi connectivity index (χ1n) is 5.60. The van der Waals surface area contributed by atoms with Gasteiger partial charge in [0.25, 0.3) is 10.2 Å². The molecule has 0 saturated carbocycles. The second kappa shape index (κ2) is 7.24. The van der Waals surface area contributed by atoms with Crippen LogP contribution in [-0.2, 0) is 19.7 Å². The highest BCUT2D eigenvalue weighted by Gasteiger charge is 2.28. The smallest absolute Gasteiger partial charge is 0.279 e. The first-order chi connectivity index (χ1) is 8.10. The van der Waals surface area contributed by atoms with Crippen LogP contribution >= 0.6 is 0 Å². The molecule has 1 unspecified atom stereocenters. The zero-order chi connectivity index (χ0) is 12.7. The van der Waals surface area contributed by atoms with E-state index in [0.29, 0.717) is 32.8 Å². The Morgan fingerprint density at radius 3 is 2.94 bits per heavy atom. The van der Waals surface area contributed by atoms with E-state index in [0.717, 1.165) is 0 Å². The maximum absolute atomic E-state index is 11.9. The minimum absolute atomic E-state index is 0.0900. The average molecular weight is 267 g/mol. The fourth-order valence-corrected chi connectivity index (χ4v) is 2.83. The van der Waals surface area contributed by atoms with Crippen molar-refractivity contribution in [1.82, 2.24) is 14.3 Å². The van der Waals surface area contributed by atoms with Gasteiger partial charge in [-0.3, -0.25) is 0 Å². The second-order valence-electron chi connectivity index (χ2n) is 3.80. The van der Waals surface area contributed by atoms with Crippen molar-refractivity contribution in [2.75, 3.05) is 53.6 Å². The van der Waals surface area contributed by atoms with Crippen molar-refractivity contribution in [3.05, 3.63) is 0 Å². The van der Waals surface area contributed by atoms with E-state index >= 15 is 0 Å². The normalized spacial score (nSPS) is 22.8. The summed E-state index contributed by atoms with van der Waals surface area (Å²) in [6, 6.07) is 0. The molecule has 0 aromatic rings. The summed E-state index contributed by atoms with van der Waals surface area (Å²) in [6.07, 6.45) is -0.0900. The van der Waals surface area contributed by atoms with E-state index in [1.807, 2.05) is 7.05 Å². The van der Waals surface area contributed by atoms with E-state index in [2.05, 4.69) is 10.0 Å². The van der Waals surface area contributed by atoms with Crippen LogP contribution in [0.1, 0.15) is 0 Å². The largest absolute Gasteiger partial charge is 0.383 e. The summed E-state index contributed by atoms with van der Waals surface area (Å²) >= 11 is 0. The molecular weight excluding hydrogens is 246 g/mol. The Bertz CT molecular complexity index is 307.